The maximum atomic E-state index is 12.3. The van der Waals surface area contributed by atoms with Gasteiger partial charge in [-0.05, 0) is 50.1 Å². The minimum absolute atomic E-state index is 0.0268. The summed E-state index contributed by atoms with van der Waals surface area (Å²) < 4.78 is 28.4. The first-order valence-electron chi connectivity index (χ1n) is 7.42. The molecule has 0 aromatic heterocycles. The fourth-order valence-electron chi connectivity index (χ4n) is 2.83. The molecule has 1 aliphatic rings. The van der Waals surface area contributed by atoms with Gasteiger partial charge in [0.05, 0.1) is 6.54 Å². The number of nitrogens with zero attached hydrogens (tertiary/aromatic N) is 1. The molecule has 0 saturated carbocycles. The number of alkyl halides is 2. The molecule has 116 valence electrons. The second-order valence-electron chi connectivity index (χ2n) is 5.35. The van der Waals surface area contributed by atoms with Gasteiger partial charge in [0.2, 0.25) is 0 Å². The Morgan fingerprint density at radius 2 is 2.05 bits per heavy atom. The first-order chi connectivity index (χ1) is 10.1. The SMILES string of the molecule is CC[C@@H]1CCCCN1CC(=O)c1ccc(OC(F)F)cc1. The average Bonchev–Trinajstić information content (AvgIpc) is 2.48. The van der Waals surface area contributed by atoms with Crippen LogP contribution in [0.15, 0.2) is 24.3 Å². The third-order valence-corrected chi connectivity index (χ3v) is 3.97. The van der Waals surface area contributed by atoms with E-state index in [2.05, 4.69) is 16.6 Å². The number of hydrogen-bond donors (Lipinski definition) is 0. The highest BCUT2D eigenvalue weighted by molar-refractivity contribution is 5.97. The lowest BCUT2D eigenvalue weighted by Crippen LogP contribution is -2.42. The van der Waals surface area contributed by atoms with Gasteiger partial charge < -0.3 is 4.74 Å². The Kier molecular flexibility index (Phi) is 5.67. The molecule has 0 bridgehead atoms. The molecule has 1 aromatic carbocycles. The molecule has 5 heteroatoms. The van der Waals surface area contributed by atoms with Crippen molar-refractivity contribution in [1.82, 2.24) is 4.90 Å². The van der Waals surface area contributed by atoms with Crippen LogP contribution in [0.3, 0.4) is 0 Å². The summed E-state index contributed by atoms with van der Waals surface area (Å²) in [6.07, 6.45) is 4.55. The lowest BCUT2D eigenvalue weighted by molar-refractivity contribution is -0.0498. The number of ketones is 1. The van der Waals surface area contributed by atoms with Gasteiger partial charge in [-0.1, -0.05) is 13.3 Å². The Labute approximate surface area is 123 Å². The maximum Gasteiger partial charge on any atom is 0.387 e. The van der Waals surface area contributed by atoms with E-state index in [0.717, 1.165) is 25.8 Å². The van der Waals surface area contributed by atoms with Gasteiger partial charge in [0.25, 0.3) is 0 Å². The van der Waals surface area contributed by atoms with E-state index in [1.165, 1.54) is 18.6 Å². The summed E-state index contributed by atoms with van der Waals surface area (Å²) in [5.74, 6) is 0.102. The van der Waals surface area contributed by atoms with Crippen molar-refractivity contribution in [2.45, 2.75) is 45.3 Å². The topological polar surface area (TPSA) is 29.5 Å². The normalized spacial score (nSPS) is 19.7. The van der Waals surface area contributed by atoms with E-state index in [0.29, 0.717) is 18.2 Å². The number of ether oxygens (including phenoxy) is 1. The lowest BCUT2D eigenvalue weighted by atomic mass is 9.99. The summed E-state index contributed by atoms with van der Waals surface area (Å²) in [7, 11) is 0. The molecule has 1 heterocycles. The molecular formula is C16H21F2NO2. The van der Waals surface area contributed by atoms with Crippen LogP contribution in [0.4, 0.5) is 8.78 Å². The zero-order chi connectivity index (χ0) is 15.2. The van der Waals surface area contributed by atoms with Crippen molar-refractivity contribution in [2.75, 3.05) is 13.1 Å². The molecule has 21 heavy (non-hydrogen) atoms. The third-order valence-electron chi connectivity index (χ3n) is 3.97. The summed E-state index contributed by atoms with van der Waals surface area (Å²) >= 11 is 0. The van der Waals surface area contributed by atoms with Crippen molar-refractivity contribution < 1.29 is 18.3 Å². The van der Waals surface area contributed by atoms with Crippen LogP contribution >= 0.6 is 0 Å². The third kappa shape index (κ3) is 4.49. The summed E-state index contributed by atoms with van der Waals surface area (Å²) in [6.45, 7) is 0.652. The predicted molar refractivity (Wildman–Crippen MR) is 76.9 cm³/mol. The number of likely N-dealkylation sites (tertiary alicyclic amines) is 1. The van der Waals surface area contributed by atoms with Crippen molar-refractivity contribution in [3.63, 3.8) is 0 Å². The zero-order valence-electron chi connectivity index (χ0n) is 12.2. The van der Waals surface area contributed by atoms with Crippen molar-refractivity contribution in [1.29, 1.82) is 0 Å². The van der Waals surface area contributed by atoms with Gasteiger partial charge in [-0.25, -0.2) is 0 Å². The Morgan fingerprint density at radius 1 is 1.33 bits per heavy atom. The molecule has 2 rings (SSSR count). The molecule has 0 spiro atoms. The number of benzene rings is 1. The van der Waals surface area contributed by atoms with Crippen LogP contribution in [0.25, 0.3) is 0 Å². The number of Topliss-reactive ketones (excluding diaryl/α,β-unsaturated/α-hetero) is 1. The second-order valence-corrected chi connectivity index (χ2v) is 5.35. The minimum Gasteiger partial charge on any atom is -0.435 e. The van der Waals surface area contributed by atoms with Crippen LogP contribution < -0.4 is 4.74 Å². The zero-order valence-corrected chi connectivity index (χ0v) is 12.2. The number of piperidine rings is 1. The molecule has 1 fully saturated rings. The molecular weight excluding hydrogens is 276 g/mol. The van der Waals surface area contributed by atoms with E-state index in [4.69, 9.17) is 0 Å². The van der Waals surface area contributed by atoms with E-state index < -0.39 is 6.61 Å². The van der Waals surface area contributed by atoms with E-state index >= 15 is 0 Å². The highest BCUT2D eigenvalue weighted by Crippen LogP contribution is 2.20. The van der Waals surface area contributed by atoms with E-state index in [1.54, 1.807) is 12.1 Å². The minimum atomic E-state index is -2.84. The number of rotatable bonds is 6. The number of halogens is 2. The van der Waals surface area contributed by atoms with Gasteiger partial charge in [-0.3, -0.25) is 9.69 Å². The maximum absolute atomic E-state index is 12.3. The molecule has 0 aliphatic carbocycles. The van der Waals surface area contributed by atoms with Gasteiger partial charge in [0.15, 0.2) is 5.78 Å². The number of carbonyl (C=O) groups excluding carboxylic acids is 1. The smallest absolute Gasteiger partial charge is 0.387 e. The highest BCUT2D eigenvalue weighted by Gasteiger charge is 2.23. The first kappa shape index (κ1) is 15.9. The fraction of sp³-hybridized carbons (Fsp3) is 0.562. The number of hydrogen-bond acceptors (Lipinski definition) is 3. The Balaban J connectivity index is 1.96. The molecule has 0 N–H and O–H groups in total. The van der Waals surface area contributed by atoms with E-state index in [1.807, 2.05) is 0 Å². The van der Waals surface area contributed by atoms with Crippen molar-refractivity contribution in [2.24, 2.45) is 0 Å². The molecule has 1 saturated heterocycles. The summed E-state index contributed by atoms with van der Waals surface area (Å²) in [4.78, 5) is 14.5. The standard InChI is InChI=1S/C16H21F2NO2/c1-2-13-5-3-4-10-19(13)11-15(20)12-6-8-14(9-7-12)21-16(17)18/h6-9,13,16H,2-5,10-11H2,1H3/t13-/m1/s1. The monoisotopic (exact) mass is 297 g/mol. The summed E-state index contributed by atoms with van der Waals surface area (Å²) in [5, 5.41) is 0. The van der Waals surface area contributed by atoms with Gasteiger partial charge in [0, 0.05) is 11.6 Å². The summed E-state index contributed by atoms with van der Waals surface area (Å²) in [5.41, 5.74) is 0.539. The first-order valence-corrected chi connectivity index (χ1v) is 7.42. The van der Waals surface area contributed by atoms with Gasteiger partial charge in [-0.15, -0.1) is 0 Å². The van der Waals surface area contributed by atoms with Gasteiger partial charge in [-0.2, -0.15) is 8.78 Å². The average molecular weight is 297 g/mol. The molecule has 0 unspecified atom stereocenters. The van der Waals surface area contributed by atoms with Crippen LogP contribution in [0.1, 0.15) is 43.0 Å². The van der Waals surface area contributed by atoms with Crippen LogP contribution in [0, 0.1) is 0 Å². The number of carbonyl (C=O) groups is 1. The highest BCUT2D eigenvalue weighted by atomic mass is 19.3. The predicted octanol–water partition coefficient (Wildman–Crippen LogP) is 3.74. The molecule has 0 radical (unpaired) electrons. The molecule has 3 nitrogen and oxygen atoms in total. The Hall–Kier alpha value is -1.49. The molecule has 0 amide bonds. The Morgan fingerprint density at radius 3 is 2.67 bits per heavy atom. The Bertz CT molecular complexity index is 462. The van der Waals surface area contributed by atoms with Gasteiger partial charge >= 0.3 is 6.61 Å². The van der Waals surface area contributed by atoms with Crippen LogP contribution in [-0.2, 0) is 0 Å². The lowest BCUT2D eigenvalue weighted by Gasteiger charge is -2.34. The largest absolute Gasteiger partial charge is 0.435 e. The molecule has 1 aliphatic heterocycles. The molecule has 1 aromatic rings. The van der Waals surface area contributed by atoms with Crippen LogP contribution in [0.2, 0.25) is 0 Å². The van der Waals surface area contributed by atoms with E-state index in [9.17, 15) is 13.6 Å². The quantitative estimate of drug-likeness (QED) is 0.749. The van der Waals surface area contributed by atoms with E-state index in [-0.39, 0.29) is 11.5 Å². The molecule has 1 atom stereocenters. The van der Waals surface area contributed by atoms with Crippen molar-refractivity contribution >= 4 is 5.78 Å². The summed E-state index contributed by atoms with van der Waals surface area (Å²) in [6, 6.07) is 6.39. The van der Waals surface area contributed by atoms with Crippen molar-refractivity contribution in [3.05, 3.63) is 29.8 Å². The van der Waals surface area contributed by atoms with Crippen LogP contribution in [-0.4, -0.2) is 36.4 Å². The van der Waals surface area contributed by atoms with Crippen LogP contribution in [0.5, 0.6) is 5.75 Å². The fourth-order valence-corrected chi connectivity index (χ4v) is 2.83. The van der Waals surface area contributed by atoms with Gasteiger partial charge in [0.1, 0.15) is 5.75 Å². The van der Waals surface area contributed by atoms with Crippen molar-refractivity contribution in [3.8, 4) is 5.75 Å². The second kappa shape index (κ2) is 7.50.